The number of carbonyl (C=O) groups is 1. The van der Waals surface area contributed by atoms with Crippen molar-refractivity contribution in [2.24, 2.45) is 0 Å². The van der Waals surface area contributed by atoms with Gasteiger partial charge in [-0.1, -0.05) is 0 Å². The van der Waals surface area contributed by atoms with Gasteiger partial charge in [0.25, 0.3) is 5.97 Å². The first-order chi connectivity index (χ1) is 1.73. The molecule has 2 nitrogen and oxygen atoms in total. The van der Waals surface area contributed by atoms with Gasteiger partial charge in [-0.05, 0) is 0 Å². The van der Waals surface area contributed by atoms with Gasteiger partial charge in [-0.25, -0.2) is 0 Å². The van der Waals surface area contributed by atoms with E-state index in [9.17, 15) is 0 Å². The van der Waals surface area contributed by atoms with E-state index in [1.54, 1.807) is 0 Å². The minimum atomic E-state index is -0.833. The van der Waals surface area contributed by atoms with E-state index in [-0.39, 0.29) is 69.9 Å². The molecular weight excluding hydrogens is 174 g/mol. The Labute approximate surface area is 91.1 Å². The van der Waals surface area contributed by atoms with Gasteiger partial charge >= 0.3 is 68.5 Å². The molecule has 34 valence electrons. The van der Waals surface area contributed by atoms with Gasteiger partial charge in [0.05, 0.1) is 0 Å². The molecule has 6 heavy (non-hydrogen) atoms. The van der Waals surface area contributed by atoms with Crippen molar-refractivity contribution in [2.75, 3.05) is 0 Å². The molecule has 0 spiro atoms. The summed E-state index contributed by atoms with van der Waals surface area (Å²) in [6, 6.07) is 0. The first-order valence-electron chi connectivity index (χ1n) is 0.928. The second-order valence-electron chi connectivity index (χ2n) is 0.519. The molecule has 0 heterocycles. The van der Waals surface area contributed by atoms with Crippen LogP contribution in [0.4, 0.5) is 0 Å². The fourth-order valence-electron chi connectivity index (χ4n) is 0. The quantitative estimate of drug-likeness (QED) is 0.390. The van der Waals surface area contributed by atoms with Gasteiger partial charge in [-0.3, -0.25) is 4.79 Å². The van der Waals surface area contributed by atoms with Crippen molar-refractivity contribution >= 4 is 23.0 Å². The summed E-state index contributed by atoms with van der Waals surface area (Å²) in [5, 5.41) is 7.42. The van der Waals surface area contributed by atoms with E-state index in [0.717, 1.165) is 6.92 Å². The summed E-state index contributed by atoms with van der Waals surface area (Å²) in [6.45, 7) is 1.08. The Morgan fingerprint density at radius 2 is 1.83 bits per heavy atom. The Balaban J connectivity index is -0.0000000150. The molecule has 0 bridgehead atoms. The van der Waals surface area contributed by atoms with Gasteiger partial charge in [0.1, 0.15) is 0 Å². The molecule has 0 unspecified atom stereocenters. The molecule has 0 aromatic rings. The number of aliphatic carboxylic acids is 1. The Morgan fingerprint density at radius 3 is 1.83 bits per heavy atom. The van der Waals surface area contributed by atoms with Crippen LogP contribution in [0, 0.1) is 0 Å². The van der Waals surface area contributed by atoms with Gasteiger partial charge in [-0.15, -0.1) is 0 Å². The van der Waals surface area contributed by atoms with Crippen molar-refractivity contribution in [3.05, 3.63) is 0 Å². The molecule has 0 aromatic carbocycles. The molecule has 0 atom stereocenters. The fraction of sp³-hybridized carbons (Fsp3) is 0.500. The Kier molecular flexibility index (Phi) is 25.6. The summed E-state index contributed by atoms with van der Waals surface area (Å²) >= 11 is 0. The Bertz CT molecular complexity index is 38.7. The average Bonchev–Trinajstić information content (AvgIpc) is 0.811. The third-order valence-corrected chi connectivity index (χ3v) is 0. The maximum atomic E-state index is 9.00. The van der Waals surface area contributed by atoms with E-state index in [1.165, 1.54) is 0 Å². The summed E-state index contributed by atoms with van der Waals surface area (Å²) in [6.07, 6.45) is 0. The number of rotatable bonds is 0. The van der Waals surface area contributed by atoms with E-state index in [2.05, 4.69) is 0 Å². The van der Waals surface area contributed by atoms with Crippen molar-refractivity contribution in [3.63, 3.8) is 0 Å². The van der Waals surface area contributed by atoms with Crippen LogP contribution >= 0.6 is 0 Å². The van der Waals surface area contributed by atoms with Crippen LogP contribution in [-0.4, -0.2) is 28.1 Å². The van der Waals surface area contributed by atoms with Crippen molar-refractivity contribution in [1.82, 2.24) is 0 Å². The van der Waals surface area contributed by atoms with E-state index in [1.807, 2.05) is 0 Å². The van der Waals surface area contributed by atoms with Gasteiger partial charge in [0.2, 0.25) is 0 Å². The number of carboxylic acids is 1. The Morgan fingerprint density at radius 1 is 1.83 bits per heavy atom. The third-order valence-electron chi connectivity index (χ3n) is 0. The van der Waals surface area contributed by atoms with Crippen LogP contribution in [-0.2, 0) is 4.79 Å². The molecule has 0 aliphatic carbocycles. The zero-order chi connectivity index (χ0) is 3.58. The van der Waals surface area contributed by atoms with Crippen LogP contribution < -0.4 is 51.4 Å². The molecule has 0 aliphatic rings. The average molecular weight is 181 g/mol. The first kappa shape index (κ1) is 15.6. The van der Waals surface area contributed by atoms with Gasteiger partial charge in [-0.2, -0.15) is 0 Å². The normalized spacial score (nSPS) is 4.17. The number of carboxylic acid groups (broad SMARTS) is 1. The first-order valence-corrected chi connectivity index (χ1v) is 0.928. The molecule has 0 fully saturated rings. The molecule has 0 rings (SSSR count). The molecule has 0 amide bonds. The maximum absolute atomic E-state index is 9.00. The zero-order valence-electron chi connectivity index (χ0n) is 4.86. The summed E-state index contributed by atoms with van der Waals surface area (Å²) in [4.78, 5) is 9.00. The van der Waals surface area contributed by atoms with Crippen LogP contribution in [0.5, 0.6) is 0 Å². The molecule has 0 radical (unpaired) electrons. The molecule has 4 heteroatoms. The predicted molar refractivity (Wildman–Crippen MR) is 23.0 cm³/mol. The minimum absolute atomic E-state index is 0. The number of hydrogen-bond acceptors (Lipinski definition) is 1. The summed E-state index contributed by atoms with van der Waals surface area (Å²) < 4.78 is 0. The second-order valence-corrected chi connectivity index (χ2v) is 0.519. The summed E-state index contributed by atoms with van der Waals surface area (Å²) in [7, 11) is 0. The van der Waals surface area contributed by atoms with Crippen LogP contribution in [0.25, 0.3) is 0 Å². The van der Waals surface area contributed by atoms with Crippen molar-refractivity contribution in [2.45, 2.75) is 6.92 Å². The molecule has 0 saturated heterocycles. The van der Waals surface area contributed by atoms with E-state index >= 15 is 0 Å². The monoisotopic (exact) mass is 182 g/mol. The van der Waals surface area contributed by atoms with Crippen LogP contribution in [0.1, 0.15) is 8.35 Å². The van der Waals surface area contributed by atoms with Crippen molar-refractivity contribution in [1.29, 1.82) is 0 Å². The topological polar surface area (TPSA) is 37.3 Å². The van der Waals surface area contributed by atoms with E-state index in [4.69, 9.17) is 9.90 Å². The van der Waals surface area contributed by atoms with Crippen LogP contribution in [0.3, 0.4) is 0 Å². The van der Waals surface area contributed by atoms with Gasteiger partial charge in [0, 0.05) is 6.92 Å². The Hall–Kier alpha value is 1.63. The van der Waals surface area contributed by atoms with Crippen LogP contribution in [0.2, 0.25) is 0 Å². The second kappa shape index (κ2) is 9.80. The van der Waals surface area contributed by atoms with Crippen molar-refractivity contribution < 1.29 is 62.7 Å². The predicted octanol–water partition coefficient (Wildman–Crippen LogP) is -3.71. The number of hydrogen-bond donors (Lipinski definition) is 1. The van der Waals surface area contributed by atoms with Gasteiger partial charge < -0.3 is 6.53 Å². The SMILES string of the molecule is CC(=O)O.[H-].[K+].[SeH2]. The third kappa shape index (κ3) is 45.5. The molecular formula is C2H7KO2Se. The molecule has 1 N–H and O–H groups in total. The van der Waals surface area contributed by atoms with Gasteiger partial charge in [0.15, 0.2) is 0 Å². The van der Waals surface area contributed by atoms with E-state index in [0.29, 0.717) is 0 Å². The van der Waals surface area contributed by atoms with Crippen molar-refractivity contribution in [3.8, 4) is 0 Å². The van der Waals surface area contributed by atoms with E-state index < -0.39 is 5.97 Å². The van der Waals surface area contributed by atoms with Crippen LogP contribution in [0.15, 0.2) is 0 Å². The zero-order valence-corrected chi connectivity index (χ0v) is 9.08. The summed E-state index contributed by atoms with van der Waals surface area (Å²) in [5.41, 5.74) is 0. The molecule has 0 saturated carbocycles. The molecule has 0 aromatic heterocycles. The fourth-order valence-corrected chi connectivity index (χ4v) is 0. The standard InChI is InChI=1S/C2H4O2.K.H2Se.H/c1-2(3)4;;;/h1H3,(H,3,4);;1H2;/q;+1;;-1. The molecule has 0 aliphatic heterocycles. The summed E-state index contributed by atoms with van der Waals surface area (Å²) in [5.74, 6) is -0.833.